The molecule has 0 aliphatic heterocycles. The molecule has 1 aromatic heterocycles. The number of aryl methyl sites for hydroxylation is 1. The van der Waals surface area contributed by atoms with Crippen molar-refractivity contribution in [2.45, 2.75) is 88.5 Å². The highest BCUT2D eigenvalue weighted by Crippen LogP contribution is 2.56. The number of benzene rings is 2. The van der Waals surface area contributed by atoms with Crippen molar-refractivity contribution >= 4 is 36.2 Å². The normalized spacial score (nSPS) is 26.6. The third kappa shape index (κ3) is 6.27. The lowest BCUT2D eigenvalue weighted by Gasteiger charge is -2.47. The molecule has 1 unspecified atom stereocenters. The quantitative estimate of drug-likeness (QED) is 0.182. The Morgan fingerprint density at radius 1 is 1.16 bits per heavy atom. The van der Waals surface area contributed by atoms with Crippen LogP contribution in [0.1, 0.15) is 87.1 Å². The molecule has 240 valence electrons. The van der Waals surface area contributed by atoms with E-state index in [1.807, 2.05) is 24.4 Å². The van der Waals surface area contributed by atoms with Gasteiger partial charge in [0, 0.05) is 28.2 Å². The molecule has 0 radical (unpaired) electrons. The van der Waals surface area contributed by atoms with Crippen molar-refractivity contribution in [2.24, 2.45) is 11.8 Å². The van der Waals surface area contributed by atoms with Crippen LogP contribution < -0.4 is 15.4 Å². The highest BCUT2D eigenvalue weighted by molar-refractivity contribution is 7.60. The van der Waals surface area contributed by atoms with Crippen molar-refractivity contribution in [3.63, 3.8) is 0 Å². The van der Waals surface area contributed by atoms with Crippen LogP contribution in [0, 0.1) is 11.8 Å². The average molecular weight is 653 g/mol. The minimum atomic E-state index is -4.46. The van der Waals surface area contributed by atoms with Gasteiger partial charge in [0.2, 0.25) is 0 Å². The Kier molecular flexibility index (Phi) is 8.81. The van der Waals surface area contributed by atoms with Crippen molar-refractivity contribution in [1.82, 2.24) is 4.98 Å². The summed E-state index contributed by atoms with van der Waals surface area (Å²) in [6.45, 7) is 4.98. The van der Waals surface area contributed by atoms with Crippen molar-refractivity contribution in [1.29, 1.82) is 0 Å². The number of rotatable bonds is 9. The average Bonchev–Trinajstić information content (AvgIpc) is 3.28. The first-order valence-corrected chi connectivity index (χ1v) is 18.0. The number of carbonyl (C=O) groups is 1. The van der Waals surface area contributed by atoms with Crippen LogP contribution in [0.25, 0.3) is 0 Å². The first-order valence-electron chi connectivity index (χ1n) is 16.0. The SMILES string of the molecule is C[C@@H](COc1ccnc2c1[C@H](C)CCC2)CC1Cc2ccc(P(=O)(O)O)cc2C12CCC(Nc1cccc(Cl)c1)(C(=O)O)CC2. The molecule has 0 saturated heterocycles. The van der Waals surface area contributed by atoms with E-state index in [-0.39, 0.29) is 17.1 Å². The molecular formula is C35H42ClN2O6P. The fourth-order valence-corrected chi connectivity index (χ4v) is 9.02. The van der Waals surface area contributed by atoms with Gasteiger partial charge >= 0.3 is 13.6 Å². The van der Waals surface area contributed by atoms with Gasteiger partial charge < -0.3 is 24.9 Å². The number of carboxylic acid groups (broad SMARTS) is 1. The summed E-state index contributed by atoms with van der Waals surface area (Å²) in [5, 5.41) is 14.3. The molecule has 8 nitrogen and oxygen atoms in total. The van der Waals surface area contributed by atoms with Crippen molar-refractivity contribution < 1.29 is 29.0 Å². The van der Waals surface area contributed by atoms with Crippen LogP contribution in [0.15, 0.2) is 54.7 Å². The lowest BCUT2D eigenvalue weighted by atomic mass is 9.59. The number of ether oxygens (including phenoxy) is 1. The van der Waals surface area contributed by atoms with Gasteiger partial charge in [0.25, 0.3) is 0 Å². The Morgan fingerprint density at radius 2 is 1.93 bits per heavy atom. The lowest BCUT2D eigenvalue weighted by molar-refractivity contribution is -0.144. The number of aromatic nitrogens is 1. The Hall–Kier alpha value is -2.90. The van der Waals surface area contributed by atoms with Gasteiger partial charge in [-0.1, -0.05) is 37.6 Å². The number of hydrogen-bond acceptors (Lipinski definition) is 5. The summed E-state index contributed by atoms with van der Waals surface area (Å²) in [6, 6.07) is 14.2. The number of nitrogens with zero attached hydrogens (tertiary/aromatic N) is 1. The molecule has 1 heterocycles. The molecule has 1 fully saturated rings. The van der Waals surface area contributed by atoms with Crippen molar-refractivity contribution in [2.75, 3.05) is 11.9 Å². The van der Waals surface area contributed by atoms with Crippen LogP contribution in [-0.4, -0.2) is 38.0 Å². The molecule has 3 aliphatic rings. The number of halogens is 1. The largest absolute Gasteiger partial charge is 0.493 e. The van der Waals surface area contributed by atoms with Gasteiger partial charge in [0.05, 0.1) is 11.9 Å². The number of fused-ring (bicyclic) bond motifs is 3. The predicted molar refractivity (Wildman–Crippen MR) is 176 cm³/mol. The Balaban J connectivity index is 1.26. The number of aliphatic carboxylic acids is 1. The van der Waals surface area contributed by atoms with E-state index in [0.717, 1.165) is 54.7 Å². The molecule has 1 spiro atoms. The maximum Gasteiger partial charge on any atom is 0.356 e. The molecule has 3 aromatic rings. The zero-order valence-electron chi connectivity index (χ0n) is 25.8. The molecule has 3 atom stereocenters. The van der Waals surface area contributed by atoms with E-state index in [4.69, 9.17) is 16.3 Å². The molecule has 2 aromatic carbocycles. The number of carboxylic acids is 1. The van der Waals surface area contributed by atoms with Gasteiger partial charge in [-0.05, 0) is 128 Å². The molecule has 3 aliphatic carbocycles. The molecule has 10 heteroatoms. The minimum Gasteiger partial charge on any atom is -0.493 e. The van der Waals surface area contributed by atoms with Crippen LogP contribution >= 0.6 is 19.2 Å². The lowest BCUT2D eigenvalue weighted by Crippen LogP contribution is -2.53. The highest BCUT2D eigenvalue weighted by atomic mass is 35.5. The van der Waals surface area contributed by atoms with Crippen LogP contribution in [0.4, 0.5) is 5.69 Å². The van der Waals surface area contributed by atoms with Crippen LogP contribution in [0.5, 0.6) is 5.75 Å². The monoisotopic (exact) mass is 652 g/mol. The van der Waals surface area contributed by atoms with Gasteiger partial charge in [0.15, 0.2) is 0 Å². The summed E-state index contributed by atoms with van der Waals surface area (Å²) in [5.41, 5.74) is 3.51. The maximum absolute atomic E-state index is 12.8. The molecule has 6 rings (SSSR count). The van der Waals surface area contributed by atoms with Crippen molar-refractivity contribution in [3.8, 4) is 5.75 Å². The Bertz CT molecular complexity index is 1630. The summed E-state index contributed by atoms with van der Waals surface area (Å²) < 4.78 is 18.8. The summed E-state index contributed by atoms with van der Waals surface area (Å²) in [6.07, 6.45) is 8.64. The van der Waals surface area contributed by atoms with Crippen molar-refractivity contribution in [3.05, 3.63) is 82.1 Å². The van der Waals surface area contributed by atoms with Gasteiger partial charge in [-0.25, -0.2) is 4.79 Å². The fraction of sp³-hybridized carbons (Fsp3) is 0.486. The van der Waals surface area contributed by atoms with E-state index < -0.39 is 24.5 Å². The number of nitrogens with one attached hydrogen (secondary N) is 1. The van der Waals surface area contributed by atoms with E-state index in [2.05, 4.69) is 24.1 Å². The molecular weight excluding hydrogens is 611 g/mol. The second-order valence-electron chi connectivity index (χ2n) is 13.6. The first-order chi connectivity index (χ1) is 21.4. The number of pyridine rings is 1. The van der Waals surface area contributed by atoms with E-state index >= 15 is 0 Å². The van der Waals surface area contributed by atoms with Gasteiger partial charge in [-0.3, -0.25) is 9.55 Å². The summed E-state index contributed by atoms with van der Waals surface area (Å²) in [7, 11) is -4.46. The third-order valence-electron chi connectivity index (χ3n) is 10.6. The maximum atomic E-state index is 12.8. The van der Waals surface area contributed by atoms with E-state index in [9.17, 15) is 24.3 Å². The summed E-state index contributed by atoms with van der Waals surface area (Å²) >= 11 is 6.20. The molecule has 1 saturated carbocycles. The predicted octanol–water partition coefficient (Wildman–Crippen LogP) is 7.00. The standard InChI is InChI=1S/C35H42ClN2O6P/c1-22(21-44-31-11-16-37-30-8-3-5-23(2)32(30)31)17-25-18-24-9-10-28(45(41,42)43)20-29(24)34(25)12-14-35(15-13-34,33(39)40)38-27-7-4-6-26(36)19-27/h4,6-7,9-11,16,19-20,22-23,25,38H,3,5,8,12-15,17-18,21H2,1-2H3,(H,39,40)(H2,41,42,43)/t22-,23-,25?,34?,35?/m1/s1. The van der Waals surface area contributed by atoms with E-state index in [1.165, 1.54) is 5.56 Å². The van der Waals surface area contributed by atoms with Gasteiger partial charge in [0.1, 0.15) is 11.3 Å². The van der Waals surface area contributed by atoms with Gasteiger partial charge in [-0.15, -0.1) is 0 Å². The van der Waals surface area contributed by atoms with Crippen LogP contribution in [0.3, 0.4) is 0 Å². The van der Waals surface area contributed by atoms with Gasteiger partial charge in [-0.2, -0.15) is 0 Å². The third-order valence-corrected chi connectivity index (χ3v) is 11.8. The zero-order chi connectivity index (χ0) is 32.0. The summed E-state index contributed by atoms with van der Waals surface area (Å²) in [4.78, 5) is 37.5. The number of hydrogen-bond donors (Lipinski definition) is 4. The topological polar surface area (TPSA) is 129 Å². The highest BCUT2D eigenvalue weighted by Gasteiger charge is 2.54. The first kappa shape index (κ1) is 32.1. The molecule has 4 N–H and O–H groups in total. The smallest absolute Gasteiger partial charge is 0.356 e. The van der Waals surface area contributed by atoms with Crippen LogP contribution in [-0.2, 0) is 27.6 Å². The van der Waals surface area contributed by atoms with E-state index in [0.29, 0.717) is 48.9 Å². The summed E-state index contributed by atoms with van der Waals surface area (Å²) in [5.74, 6) is 0.821. The second-order valence-corrected chi connectivity index (χ2v) is 15.6. The fourth-order valence-electron chi connectivity index (χ4n) is 8.27. The van der Waals surface area contributed by atoms with Crippen LogP contribution in [0.2, 0.25) is 5.02 Å². The second kappa shape index (κ2) is 12.4. The molecule has 0 amide bonds. The number of anilines is 1. The molecule has 45 heavy (non-hydrogen) atoms. The van der Waals surface area contributed by atoms with E-state index in [1.54, 1.807) is 30.3 Å². The zero-order valence-corrected chi connectivity index (χ0v) is 27.5. The molecule has 0 bridgehead atoms. The Labute approximate surface area is 269 Å². The Morgan fingerprint density at radius 3 is 2.64 bits per heavy atom. The minimum absolute atomic E-state index is 0.0151.